The summed E-state index contributed by atoms with van der Waals surface area (Å²) >= 11 is 0. The number of aryl methyl sites for hydroxylation is 1. The molecule has 1 aromatic rings. The van der Waals surface area contributed by atoms with Gasteiger partial charge in [0, 0.05) is 26.2 Å². The molecule has 0 bridgehead atoms. The van der Waals surface area contributed by atoms with E-state index in [9.17, 15) is 4.79 Å². The lowest BCUT2D eigenvalue weighted by molar-refractivity contribution is -0.127. The summed E-state index contributed by atoms with van der Waals surface area (Å²) in [6.45, 7) is 6.54. The standard InChI is InChI=1S/C19H32N4O.HI/c1-6-15(2)21-19(20-14-18(24)23(4)5)22-16(3)12-13-17-10-8-7-9-11-17;/h7-11,15-16H,6,12-14H2,1-5H3,(H2,20,21,22);1H. The maximum atomic E-state index is 11.8. The van der Waals surface area contributed by atoms with Crippen LogP contribution in [0.15, 0.2) is 35.3 Å². The quantitative estimate of drug-likeness (QED) is 0.356. The molecule has 0 radical (unpaired) electrons. The first-order valence-electron chi connectivity index (χ1n) is 8.74. The fourth-order valence-electron chi connectivity index (χ4n) is 2.09. The van der Waals surface area contributed by atoms with Gasteiger partial charge in [-0.3, -0.25) is 4.79 Å². The van der Waals surface area contributed by atoms with Crippen molar-refractivity contribution in [1.82, 2.24) is 15.5 Å². The highest BCUT2D eigenvalue weighted by atomic mass is 127. The van der Waals surface area contributed by atoms with Gasteiger partial charge in [0.05, 0.1) is 0 Å². The van der Waals surface area contributed by atoms with Crippen molar-refractivity contribution < 1.29 is 4.79 Å². The number of likely N-dealkylation sites (N-methyl/N-ethyl adjacent to an activating group) is 1. The Bertz CT molecular complexity index is 519. The maximum Gasteiger partial charge on any atom is 0.243 e. The van der Waals surface area contributed by atoms with Gasteiger partial charge < -0.3 is 15.5 Å². The Labute approximate surface area is 169 Å². The Hall–Kier alpha value is -1.31. The average Bonchev–Trinajstić information content (AvgIpc) is 2.58. The summed E-state index contributed by atoms with van der Waals surface area (Å²) < 4.78 is 0. The Morgan fingerprint density at radius 1 is 1.12 bits per heavy atom. The molecule has 0 saturated carbocycles. The van der Waals surface area contributed by atoms with Crippen molar-refractivity contribution >= 4 is 35.8 Å². The number of aliphatic imine (C=N–C) groups is 1. The summed E-state index contributed by atoms with van der Waals surface area (Å²) in [6.07, 6.45) is 3.02. The van der Waals surface area contributed by atoms with Crippen LogP contribution in [0.3, 0.4) is 0 Å². The zero-order valence-electron chi connectivity index (χ0n) is 16.1. The van der Waals surface area contributed by atoms with Gasteiger partial charge in [0.25, 0.3) is 0 Å². The minimum Gasteiger partial charge on any atom is -0.354 e. The van der Waals surface area contributed by atoms with E-state index < -0.39 is 0 Å². The molecule has 0 aromatic heterocycles. The van der Waals surface area contributed by atoms with Crippen molar-refractivity contribution in [3.8, 4) is 0 Å². The number of nitrogens with zero attached hydrogens (tertiary/aromatic N) is 2. The molecule has 5 nitrogen and oxygen atoms in total. The van der Waals surface area contributed by atoms with Crippen molar-refractivity contribution in [2.75, 3.05) is 20.6 Å². The van der Waals surface area contributed by atoms with Crippen molar-refractivity contribution in [3.05, 3.63) is 35.9 Å². The summed E-state index contributed by atoms with van der Waals surface area (Å²) in [4.78, 5) is 17.8. The second-order valence-electron chi connectivity index (χ2n) is 6.48. The monoisotopic (exact) mass is 460 g/mol. The van der Waals surface area contributed by atoms with Gasteiger partial charge in [0.1, 0.15) is 6.54 Å². The lowest BCUT2D eigenvalue weighted by Gasteiger charge is -2.21. The van der Waals surface area contributed by atoms with Crippen molar-refractivity contribution in [2.24, 2.45) is 4.99 Å². The molecule has 6 heteroatoms. The molecular weight excluding hydrogens is 427 g/mol. The van der Waals surface area contributed by atoms with Crippen LogP contribution in [0.25, 0.3) is 0 Å². The SMILES string of the molecule is CCC(C)NC(=NCC(=O)N(C)C)NC(C)CCc1ccccc1.I. The minimum atomic E-state index is -0.00260. The zero-order valence-corrected chi connectivity index (χ0v) is 18.4. The molecule has 0 spiro atoms. The third kappa shape index (κ3) is 10.3. The number of hydrogen-bond donors (Lipinski definition) is 2. The fourth-order valence-corrected chi connectivity index (χ4v) is 2.09. The van der Waals surface area contributed by atoms with E-state index in [1.165, 1.54) is 5.56 Å². The second kappa shape index (κ2) is 13.0. The number of carbonyl (C=O) groups is 1. The van der Waals surface area contributed by atoms with E-state index in [0.717, 1.165) is 19.3 Å². The summed E-state index contributed by atoms with van der Waals surface area (Å²) in [6, 6.07) is 11.1. The summed E-state index contributed by atoms with van der Waals surface area (Å²) in [5.74, 6) is 0.706. The molecule has 0 aliphatic carbocycles. The third-order valence-electron chi connectivity index (χ3n) is 3.96. The van der Waals surface area contributed by atoms with Gasteiger partial charge in [0.2, 0.25) is 5.91 Å². The lowest BCUT2D eigenvalue weighted by atomic mass is 10.1. The number of carbonyl (C=O) groups excluding carboxylic acids is 1. The molecule has 0 heterocycles. The van der Waals surface area contributed by atoms with Gasteiger partial charge in [-0.1, -0.05) is 37.3 Å². The predicted octanol–water partition coefficient (Wildman–Crippen LogP) is 3.05. The van der Waals surface area contributed by atoms with E-state index in [-0.39, 0.29) is 42.5 Å². The number of rotatable bonds is 8. The normalized spacial score (nSPS) is 13.4. The number of benzene rings is 1. The number of hydrogen-bond acceptors (Lipinski definition) is 2. The van der Waals surface area contributed by atoms with Crippen LogP contribution in [-0.2, 0) is 11.2 Å². The van der Waals surface area contributed by atoms with Crippen LogP contribution in [0.2, 0.25) is 0 Å². The number of nitrogens with one attached hydrogen (secondary N) is 2. The van der Waals surface area contributed by atoms with E-state index in [1.807, 2.05) is 6.07 Å². The largest absolute Gasteiger partial charge is 0.354 e. The minimum absolute atomic E-state index is 0. The molecule has 2 N–H and O–H groups in total. The summed E-state index contributed by atoms with van der Waals surface area (Å²) in [7, 11) is 3.49. The van der Waals surface area contributed by atoms with Crippen LogP contribution in [-0.4, -0.2) is 49.5 Å². The Morgan fingerprint density at radius 2 is 1.72 bits per heavy atom. The molecule has 0 aliphatic rings. The van der Waals surface area contributed by atoms with Crippen LogP contribution in [0.1, 0.15) is 39.2 Å². The van der Waals surface area contributed by atoms with Crippen LogP contribution in [0.4, 0.5) is 0 Å². The van der Waals surface area contributed by atoms with Gasteiger partial charge in [-0.2, -0.15) is 0 Å². The maximum absolute atomic E-state index is 11.8. The molecule has 1 rings (SSSR count). The van der Waals surface area contributed by atoms with Crippen LogP contribution in [0.5, 0.6) is 0 Å². The molecule has 0 fully saturated rings. The number of guanidine groups is 1. The Morgan fingerprint density at radius 3 is 2.28 bits per heavy atom. The van der Waals surface area contributed by atoms with Gasteiger partial charge in [0.15, 0.2) is 5.96 Å². The topological polar surface area (TPSA) is 56.7 Å². The van der Waals surface area contributed by atoms with Gasteiger partial charge in [-0.15, -0.1) is 24.0 Å². The van der Waals surface area contributed by atoms with Crippen molar-refractivity contribution in [3.63, 3.8) is 0 Å². The van der Waals surface area contributed by atoms with E-state index in [0.29, 0.717) is 12.0 Å². The van der Waals surface area contributed by atoms with Crippen molar-refractivity contribution in [2.45, 2.75) is 52.1 Å². The average molecular weight is 460 g/mol. The first-order valence-corrected chi connectivity index (χ1v) is 8.74. The molecule has 25 heavy (non-hydrogen) atoms. The number of amides is 1. The second-order valence-corrected chi connectivity index (χ2v) is 6.48. The zero-order chi connectivity index (χ0) is 17.9. The molecule has 2 unspecified atom stereocenters. The van der Waals surface area contributed by atoms with Gasteiger partial charge >= 0.3 is 0 Å². The first kappa shape index (κ1) is 23.7. The molecule has 1 aromatic carbocycles. The molecular formula is C19H33IN4O. The summed E-state index contributed by atoms with van der Waals surface area (Å²) in [5.41, 5.74) is 1.34. The molecule has 0 saturated heterocycles. The molecule has 1 amide bonds. The van der Waals surface area contributed by atoms with Crippen LogP contribution >= 0.6 is 24.0 Å². The lowest BCUT2D eigenvalue weighted by Crippen LogP contribution is -2.46. The fraction of sp³-hybridized carbons (Fsp3) is 0.579. The first-order chi connectivity index (χ1) is 11.4. The van der Waals surface area contributed by atoms with Crippen LogP contribution < -0.4 is 10.6 Å². The van der Waals surface area contributed by atoms with E-state index >= 15 is 0 Å². The number of halogens is 1. The summed E-state index contributed by atoms with van der Waals surface area (Å²) in [5, 5.41) is 6.77. The Kier molecular flexibility index (Phi) is 12.3. The van der Waals surface area contributed by atoms with Crippen molar-refractivity contribution in [1.29, 1.82) is 0 Å². The highest BCUT2D eigenvalue weighted by Crippen LogP contribution is 2.04. The molecule has 142 valence electrons. The molecule has 0 aliphatic heterocycles. The van der Waals surface area contributed by atoms with E-state index in [4.69, 9.17) is 0 Å². The predicted molar refractivity (Wildman–Crippen MR) is 117 cm³/mol. The van der Waals surface area contributed by atoms with E-state index in [2.05, 4.69) is 60.7 Å². The van der Waals surface area contributed by atoms with E-state index in [1.54, 1.807) is 19.0 Å². The van der Waals surface area contributed by atoms with Gasteiger partial charge in [-0.05, 0) is 38.7 Å². The smallest absolute Gasteiger partial charge is 0.243 e. The highest BCUT2D eigenvalue weighted by molar-refractivity contribution is 14.0. The Balaban J connectivity index is 0.00000576. The molecule has 2 atom stereocenters. The van der Waals surface area contributed by atoms with Crippen LogP contribution in [0, 0.1) is 0 Å². The highest BCUT2D eigenvalue weighted by Gasteiger charge is 2.10. The third-order valence-corrected chi connectivity index (χ3v) is 3.96. The van der Waals surface area contributed by atoms with Gasteiger partial charge in [-0.25, -0.2) is 4.99 Å².